The molecular weight excluding hydrogens is 518 g/mol. The van der Waals surface area contributed by atoms with Crippen LogP contribution in [0.2, 0.25) is 5.02 Å². The number of nitrogens with one attached hydrogen (secondary N) is 2. The van der Waals surface area contributed by atoms with Crippen LogP contribution in [0, 0.1) is 11.8 Å². The average Bonchev–Trinajstić information content (AvgIpc) is 3.52. The van der Waals surface area contributed by atoms with E-state index < -0.39 is 5.76 Å². The fourth-order valence-corrected chi connectivity index (χ4v) is 6.97. The van der Waals surface area contributed by atoms with E-state index in [9.17, 15) is 4.79 Å². The van der Waals surface area contributed by atoms with Crippen LogP contribution in [-0.2, 0) is 4.74 Å². The van der Waals surface area contributed by atoms with E-state index >= 15 is 0 Å². The normalized spacial score (nSPS) is 26.3. The highest BCUT2D eigenvalue weighted by molar-refractivity contribution is 6.30. The smallest absolute Gasteiger partial charge is 0.384 e. The number of halogens is 1. The van der Waals surface area contributed by atoms with Crippen molar-refractivity contribution < 1.29 is 9.15 Å². The molecule has 4 heterocycles. The van der Waals surface area contributed by atoms with E-state index in [0.29, 0.717) is 17.5 Å². The molecule has 1 spiro atoms. The third-order valence-electron chi connectivity index (χ3n) is 9.09. The molecule has 0 amide bonds. The number of benzene rings is 1. The van der Waals surface area contributed by atoms with Crippen LogP contribution < -0.4 is 16.0 Å². The van der Waals surface area contributed by atoms with Crippen LogP contribution in [0.3, 0.4) is 0 Å². The lowest BCUT2D eigenvalue weighted by Crippen LogP contribution is -2.68. The Morgan fingerprint density at radius 2 is 2.03 bits per heavy atom. The molecule has 0 bridgehead atoms. The van der Waals surface area contributed by atoms with Crippen molar-refractivity contribution in [1.82, 2.24) is 25.1 Å². The summed E-state index contributed by atoms with van der Waals surface area (Å²) in [6, 6.07) is 7.72. The highest BCUT2D eigenvalue weighted by Crippen LogP contribution is 2.48. The second-order valence-electron chi connectivity index (χ2n) is 11.6. The fourth-order valence-electron chi connectivity index (χ4n) is 6.78. The van der Waals surface area contributed by atoms with E-state index in [-0.39, 0.29) is 23.5 Å². The van der Waals surface area contributed by atoms with Gasteiger partial charge < -0.3 is 19.4 Å². The van der Waals surface area contributed by atoms with E-state index in [1.807, 2.05) is 24.3 Å². The zero-order valence-electron chi connectivity index (χ0n) is 22.2. The Morgan fingerprint density at radius 1 is 1.18 bits per heavy atom. The van der Waals surface area contributed by atoms with Crippen molar-refractivity contribution in [3.63, 3.8) is 0 Å². The molecule has 2 aliphatic carbocycles. The maximum Gasteiger partial charge on any atom is 0.434 e. The molecule has 4 aliphatic rings. The minimum absolute atomic E-state index is 0.0404. The molecule has 10 nitrogen and oxygen atoms in total. The average molecular weight is 552 g/mol. The molecule has 2 aliphatic heterocycles. The topological polar surface area (TPSA) is 112 Å². The molecule has 2 aromatic heterocycles. The van der Waals surface area contributed by atoms with Crippen LogP contribution in [0.4, 0.5) is 11.5 Å². The summed E-state index contributed by atoms with van der Waals surface area (Å²) >= 11 is 6.45. The Morgan fingerprint density at radius 3 is 2.74 bits per heavy atom. The number of hydrogen-bond acceptors (Lipinski definition) is 9. The number of anilines is 2. The molecule has 7 rings (SSSR count). The van der Waals surface area contributed by atoms with Crippen molar-refractivity contribution in [3.8, 4) is 23.0 Å². The molecule has 206 valence electrons. The van der Waals surface area contributed by atoms with Crippen molar-refractivity contribution in [2.75, 3.05) is 36.5 Å². The van der Waals surface area contributed by atoms with Gasteiger partial charge in [0.05, 0.1) is 13.2 Å². The van der Waals surface area contributed by atoms with Crippen LogP contribution in [0.15, 0.2) is 33.5 Å². The summed E-state index contributed by atoms with van der Waals surface area (Å²) in [6.45, 7) is 5.59. The third kappa shape index (κ3) is 4.52. The minimum Gasteiger partial charge on any atom is -0.384 e. The van der Waals surface area contributed by atoms with Gasteiger partial charge >= 0.3 is 5.76 Å². The zero-order valence-corrected chi connectivity index (χ0v) is 22.9. The molecular formula is C28H34ClN7O3. The third-order valence-corrected chi connectivity index (χ3v) is 9.32. The number of rotatable bonds is 5. The lowest BCUT2D eigenvalue weighted by atomic mass is 9.75. The fraction of sp³-hybridized carbons (Fsp3) is 0.571. The number of hydrogen-bond donors (Lipinski definition) is 2. The number of fused-ring (bicyclic) bond motifs is 1. The number of ether oxygens (including phenoxy) is 1. The van der Waals surface area contributed by atoms with Gasteiger partial charge in [-0.15, -0.1) is 5.10 Å². The van der Waals surface area contributed by atoms with Crippen molar-refractivity contribution >= 4 is 23.1 Å². The second-order valence-corrected chi connectivity index (χ2v) is 12.1. The highest BCUT2D eigenvalue weighted by atomic mass is 35.5. The zero-order chi connectivity index (χ0) is 26.6. The summed E-state index contributed by atoms with van der Waals surface area (Å²) in [5.41, 5.74) is 2.63. The van der Waals surface area contributed by atoms with Crippen LogP contribution in [0.25, 0.3) is 23.0 Å². The van der Waals surface area contributed by atoms with Crippen LogP contribution >= 0.6 is 11.6 Å². The van der Waals surface area contributed by atoms with Gasteiger partial charge in [0.25, 0.3) is 5.89 Å². The maximum absolute atomic E-state index is 11.8. The molecule has 2 N–H and O–H groups in total. The first-order valence-electron chi connectivity index (χ1n) is 14.1. The molecule has 39 heavy (non-hydrogen) atoms. The predicted molar refractivity (Wildman–Crippen MR) is 149 cm³/mol. The van der Waals surface area contributed by atoms with E-state index in [1.54, 1.807) is 0 Å². The Kier molecular flexibility index (Phi) is 6.36. The van der Waals surface area contributed by atoms with Crippen LogP contribution in [0.5, 0.6) is 0 Å². The SMILES string of the molecule is C[C@H]1CC[C@H](CN2c3c(nc(-c4n[nH]c(=O)o4)nc3-c3cccc(Cl)c3)N[C@H]2N2CCOCC23CCC3)CC1. The first-order chi connectivity index (χ1) is 19.0. The van der Waals surface area contributed by atoms with Gasteiger partial charge in [-0.2, -0.15) is 0 Å². The number of H-pyrrole nitrogens is 1. The maximum atomic E-state index is 11.8. The lowest BCUT2D eigenvalue weighted by molar-refractivity contribution is -0.120. The quantitative estimate of drug-likeness (QED) is 0.464. The minimum atomic E-state index is -0.641. The molecule has 1 atom stereocenters. The van der Waals surface area contributed by atoms with E-state index in [1.165, 1.54) is 32.1 Å². The van der Waals surface area contributed by atoms with Gasteiger partial charge in [0.15, 0.2) is 12.1 Å². The predicted octanol–water partition coefficient (Wildman–Crippen LogP) is 4.74. The standard InChI is InChI=1S/C28H34ClN7O3/c1-17-6-8-18(9-7-17)15-35-22-21(19-4-2-5-20(29)14-19)30-24(25-33-34-27(37)39-25)31-23(22)32-26(35)36-12-13-38-16-28(36)10-3-11-28/h2,4-5,14,17-18,26H,3,6-13,15-16H2,1H3,(H,34,37)(H,30,31,32)/t17-,18-,26-/m1/s1. The summed E-state index contributed by atoms with van der Waals surface area (Å²) in [7, 11) is 0. The number of nitrogens with zero attached hydrogens (tertiary/aromatic N) is 5. The molecule has 1 saturated heterocycles. The summed E-state index contributed by atoms with van der Waals surface area (Å²) in [4.78, 5) is 26.7. The van der Waals surface area contributed by atoms with Gasteiger partial charge in [0, 0.05) is 29.2 Å². The largest absolute Gasteiger partial charge is 0.434 e. The second kappa shape index (κ2) is 9.91. The Labute approximate surface area is 232 Å². The van der Waals surface area contributed by atoms with Crippen molar-refractivity contribution in [2.24, 2.45) is 11.8 Å². The summed E-state index contributed by atoms with van der Waals surface area (Å²) in [6.07, 6.45) is 8.38. The molecule has 0 unspecified atom stereocenters. The van der Waals surface area contributed by atoms with E-state index in [2.05, 4.69) is 32.2 Å². The lowest BCUT2D eigenvalue weighted by Gasteiger charge is -2.56. The molecule has 3 fully saturated rings. The van der Waals surface area contributed by atoms with Crippen molar-refractivity contribution in [3.05, 3.63) is 39.8 Å². The molecule has 1 aromatic carbocycles. The Balaban J connectivity index is 1.36. The monoisotopic (exact) mass is 551 g/mol. The number of morpholine rings is 1. The molecule has 3 aromatic rings. The number of aromatic nitrogens is 4. The Hall–Kier alpha value is -2.95. The summed E-state index contributed by atoms with van der Waals surface area (Å²) in [5.74, 6) is 1.77. The number of aromatic amines is 1. The molecule has 2 saturated carbocycles. The first kappa shape index (κ1) is 25.0. The van der Waals surface area contributed by atoms with Gasteiger partial charge in [-0.1, -0.05) is 43.5 Å². The highest BCUT2D eigenvalue weighted by Gasteiger charge is 2.51. The van der Waals surface area contributed by atoms with E-state index in [4.69, 9.17) is 30.7 Å². The molecule has 0 radical (unpaired) electrons. The van der Waals surface area contributed by atoms with Gasteiger partial charge in [-0.05, 0) is 56.1 Å². The van der Waals surface area contributed by atoms with Gasteiger partial charge in [0.2, 0.25) is 5.82 Å². The molecule has 11 heteroatoms. The van der Waals surface area contributed by atoms with Crippen molar-refractivity contribution in [1.29, 1.82) is 0 Å². The summed E-state index contributed by atoms with van der Waals surface area (Å²) < 4.78 is 11.3. The van der Waals surface area contributed by atoms with Crippen molar-refractivity contribution in [2.45, 2.75) is 63.7 Å². The Bertz CT molecular complexity index is 1410. The van der Waals surface area contributed by atoms with Gasteiger partial charge in [0.1, 0.15) is 11.4 Å². The van der Waals surface area contributed by atoms with Crippen LogP contribution in [0.1, 0.15) is 51.9 Å². The van der Waals surface area contributed by atoms with Crippen LogP contribution in [-0.4, -0.2) is 63.2 Å². The van der Waals surface area contributed by atoms with E-state index in [0.717, 1.165) is 61.2 Å². The van der Waals surface area contributed by atoms with Gasteiger partial charge in [-0.3, -0.25) is 4.90 Å². The van der Waals surface area contributed by atoms with Gasteiger partial charge in [-0.25, -0.2) is 19.9 Å². The summed E-state index contributed by atoms with van der Waals surface area (Å²) in [5, 5.41) is 10.7. The first-order valence-corrected chi connectivity index (χ1v) is 14.5.